The second kappa shape index (κ2) is 9.09. The van der Waals surface area contributed by atoms with Gasteiger partial charge in [-0.1, -0.05) is 29.8 Å². The first kappa shape index (κ1) is 19.5. The summed E-state index contributed by atoms with van der Waals surface area (Å²) in [6.45, 7) is 0.636. The summed E-state index contributed by atoms with van der Waals surface area (Å²) in [5.74, 6) is 1.80. The minimum atomic E-state index is -0.172. The topological polar surface area (TPSA) is 68.5 Å². The zero-order valence-corrected chi connectivity index (χ0v) is 16.7. The fraction of sp³-hybridized carbons (Fsp3) is 0.318. The van der Waals surface area contributed by atoms with Gasteiger partial charge in [-0.3, -0.25) is 9.78 Å². The summed E-state index contributed by atoms with van der Waals surface area (Å²) in [7, 11) is 0. The van der Waals surface area contributed by atoms with Gasteiger partial charge in [-0.25, -0.2) is 4.98 Å². The highest BCUT2D eigenvalue weighted by molar-refractivity contribution is 6.31. The number of piperidine rings is 1. The molecule has 0 aliphatic carbocycles. The van der Waals surface area contributed by atoms with Crippen LogP contribution in [0.1, 0.15) is 42.5 Å². The van der Waals surface area contributed by atoms with Crippen molar-refractivity contribution in [3.8, 4) is 5.75 Å². The summed E-state index contributed by atoms with van der Waals surface area (Å²) < 4.78 is 11.6. The van der Waals surface area contributed by atoms with E-state index in [2.05, 4.69) is 9.97 Å². The lowest BCUT2D eigenvalue weighted by Crippen LogP contribution is -2.41. The molecule has 1 aliphatic rings. The van der Waals surface area contributed by atoms with E-state index in [0.717, 1.165) is 30.6 Å². The maximum atomic E-state index is 12.8. The number of amides is 1. The van der Waals surface area contributed by atoms with Gasteiger partial charge in [0.2, 0.25) is 5.89 Å². The molecule has 3 aromatic rings. The van der Waals surface area contributed by atoms with Crippen LogP contribution < -0.4 is 4.74 Å². The number of halogens is 1. The molecule has 0 spiro atoms. The van der Waals surface area contributed by atoms with Crippen molar-refractivity contribution in [3.63, 3.8) is 0 Å². The van der Waals surface area contributed by atoms with E-state index < -0.39 is 0 Å². The van der Waals surface area contributed by atoms with Crippen molar-refractivity contribution in [2.24, 2.45) is 0 Å². The largest absolute Gasteiger partial charge is 0.482 e. The molecule has 2 aromatic heterocycles. The molecule has 0 unspecified atom stereocenters. The molecule has 7 heteroatoms. The van der Waals surface area contributed by atoms with Crippen LogP contribution in [0.2, 0.25) is 5.02 Å². The van der Waals surface area contributed by atoms with E-state index in [1.54, 1.807) is 30.7 Å². The Morgan fingerprint density at radius 3 is 2.93 bits per heavy atom. The molecule has 1 fully saturated rings. The molecular weight excluding hydrogens is 390 g/mol. The third-order valence-electron chi connectivity index (χ3n) is 5.00. The van der Waals surface area contributed by atoms with Gasteiger partial charge >= 0.3 is 0 Å². The lowest BCUT2D eigenvalue weighted by atomic mass is 10.0. The van der Waals surface area contributed by atoms with E-state index in [9.17, 15) is 4.79 Å². The molecule has 1 atom stereocenters. The number of benzene rings is 1. The molecule has 1 saturated heterocycles. The predicted octanol–water partition coefficient (Wildman–Crippen LogP) is 4.45. The molecule has 1 aliphatic heterocycles. The Morgan fingerprint density at radius 1 is 1.21 bits per heavy atom. The summed E-state index contributed by atoms with van der Waals surface area (Å²) in [5.41, 5.74) is 0.985. The van der Waals surface area contributed by atoms with Crippen LogP contribution >= 0.6 is 11.6 Å². The molecule has 3 heterocycles. The van der Waals surface area contributed by atoms with Gasteiger partial charge < -0.3 is 14.1 Å². The first-order valence-corrected chi connectivity index (χ1v) is 10.1. The molecule has 6 nitrogen and oxygen atoms in total. The number of hydrogen-bond donors (Lipinski definition) is 0. The Hall–Kier alpha value is -2.86. The van der Waals surface area contributed by atoms with Crippen LogP contribution in [0.3, 0.4) is 0 Å². The van der Waals surface area contributed by atoms with Crippen molar-refractivity contribution in [3.05, 3.63) is 77.2 Å². The average Bonchev–Trinajstić information content (AvgIpc) is 3.23. The van der Waals surface area contributed by atoms with Crippen LogP contribution in [-0.2, 0) is 11.2 Å². The summed E-state index contributed by atoms with van der Waals surface area (Å²) in [6.07, 6.45) is 8.36. The molecule has 0 bridgehead atoms. The van der Waals surface area contributed by atoms with E-state index in [1.165, 1.54) is 0 Å². The van der Waals surface area contributed by atoms with Crippen molar-refractivity contribution in [2.45, 2.75) is 31.7 Å². The summed E-state index contributed by atoms with van der Waals surface area (Å²) in [4.78, 5) is 23.1. The third-order valence-corrected chi connectivity index (χ3v) is 5.37. The van der Waals surface area contributed by atoms with Gasteiger partial charge in [-0.15, -0.1) is 0 Å². The van der Waals surface area contributed by atoms with Crippen LogP contribution in [-0.4, -0.2) is 33.9 Å². The van der Waals surface area contributed by atoms with Crippen molar-refractivity contribution in [2.75, 3.05) is 13.2 Å². The highest BCUT2D eigenvalue weighted by atomic mass is 35.5. The number of oxazole rings is 1. The van der Waals surface area contributed by atoms with Crippen LogP contribution in [0.15, 0.2) is 59.4 Å². The molecular formula is C22H22ClN3O3. The molecule has 29 heavy (non-hydrogen) atoms. The average molecular weight is 412 g/mol. The monoisotopic (exact) mass is 411 g/mol. The Morgan fingerprint density at radius 2 is 2.10 bits per heavy atom. The summed E-state index contributed by atoms with van der Waals surface area (Å²) in [5, 5.41) is 0.701. The summed E-state index contributed by atoms with van der Waals surface area (Å²) in [6, 6.07) is 11.1. The normalized spacial score (nSPS) is 16.6. The predicted molar refractivity (Wildman–Crippen MR) is 109 cm³/mol. The summed E-state index contributed by atoms with van der Waals surface area (Å²) >= 11 is 6.25. The minimum Gasteiger partial charge on any atom is -0.482 e. The van der Waals surface area contributed by atoms with E-state index in [-0.39, 0.29) is 18.6 Å². The van der Waals surface area contributed by atoms with E-state index in [1.807, 2.05) is 29.2 Å². The number of pyridine rings is 1. The quantitative estimate of drug-likeness (QED) is 0.599. The highest BCUT2D eigenvalue weighted by Crippen LogP contribution is 2.31. The second-order valence-electron chi connectivity index (χ2n) is 7.01. The van der Waals surface area contributed by atoms with Crippen molar-refractivity contribution >= 4 is 17.5 Å². The van der Waals surface area contributed by atoms with Gasteiger partial charge in [0.25, 0.3) is 5.91 Å². The second-order valence-corrected chi connectivity index (χ2v) is 7.42. The number of aromatic nitrogens is 2. The third kappa shape index (κ3) is 4.77. The zero-order valence-electron chi connectivity index (χ0n) is 16.0. The SMILES string of the molecule is O=C(COc1cccnc1)N1CCCC[C@H]1c1ncc(Cc2ccccc2Cl)o1. The number of hydrogen-bond acceptors (Lipinski definition) is 5. The fourth-order valence-corrected chi connectivity index (χ4v) is 3.74. The first-order valence-electron chi connectivity index (χ1n) is 9.71. The molecule has 0 N–H and O–H groups in total. The standard InChI is InChI=1S/C22H22ClN3O3/c23-19-8-2-1-6-16(19)12-18-14-25-22(29-18)20-9-3-4-11-26(20)21(27)15-28-17-7-5-10-24-13-17/h1-2,5-8,10,13-14,20H,3-4,9,11-12,15H2/t20-/m0/s1. The van der Waals surface area contributed by atoms with Gasteiger partial charge in [0, 0.05) is 24.2 Å². The Labute approximate surface area is 174 Å². The number of nitrogens with zero attached hydrogens (tertiary/aromatic N) is 3. The Kier molecular flexibility index (Phi) is 6.10. The fourth-order valence-electron chi connectivity index (χ4n) is 3.54. The van der Waals surface area contributed by atoms with Gasteiger partial charge in [-0.2, -0.15) is 0 Å². The maximum absolute atomic E-state index is 12.8. The lowest BCUT2D eigenvalue weighted by Gasteiger charge is -2.33. The van der Waals surface area contributed by atoms with Crippen LogP contribution in [0, 0.1) is 0 Å². The van der Waals surface area contributed by atoms with E-state index >= 15 is 0 Å². The van der Waals surface area contributed by atoms with Crippen molar-refractivity contribution in [1.29, 1.82) is 0 Å². The van der Waals surface area contributed by atoms with E-state index in [0.29, 0.717) is 29.6 Å². The van der Waals surface area contributed by atoms with Crippen molar-refractivity contribution < 1.29 is 13.9 Å². The zero-order chi connectivity index (χ0) is 20.1. The molecule has 0 radical (unpaired) electrons. The van der Waals surface area contributed by atoms with Gasteiger partial charge in [0.1, 0.15) is 17.6 Å². The molecule has 150 valence electrons. The van der Waals surface area contributed by atoms with Crippen LogP contribution in [0.25, 0.3) is 0 Å². The Bertz CT molecular complexity index is 961. The highest BCUT2D eigenvalue weighted by Gasteiger charge is 2.31. The first-order chi connectivity index (χ1) is 14.2. The molecule has 1 aromatic carbocycles. The van der Waals surface area contributed by atoms with Gasteiger partial charge in [-0.05, 0) is 43.0 Å². The molecule has 4 rings (SSSR count). The number of likely N-dealkylation sites (tertiary alicyclic amines) is 1. The van der Waals surface area contributed by atoms with Crippen LogP contribution in [0.5, 0.6) is 5.75 Å². The minimum absolute atomic E-state index is 0.0324. The van der Waals surface area contributed by atoms with Crippen molar-refractivity contribution in [1.82, 2.24) is 14.9 Å². The number of ether oxygens (including phenoxy) is 1. The number of carbonyl (C=O) groups is 1. The number of carbonyl (C=O) groups excluding carboxylic acids is 1. The maximum Gasteiger partial charge on any atom is 0.261 e. The molecule has 1 amide bonds. The van der Waals surface area contributed by atoms with E-state index in [4.69, 9.17) is 20.8 Å². The smallest absolute Gasteiger partial charge is 0.261 e. The Balaban J connectivity index is 1.44. The number of rotatable bonds is 6. The van der Waals surface area contributed by atoms with Gasteiger partial charge in [0.05, 0.1) is 12.4 Å². The lowest BCUT2D eigenvalue weighted by molar-refractivity contribution is -0.137. The molecule has 0 saturated carbocycles. The van der Waals surface area contributed by atoms with Crippen LogP contribution in [0.4, 0.5) is 0 Å². The van der Waals surface area contributed by atoms with Gasteiger partial charge in [0.15, 0.2) is 6.61 Å².